The van der Waals surface area contributed by atoms with Gasteiger partial charge in [-0.25, -0.2) is 0 Å². The molecule has 0 N–H and O–H groups in total. The van der Waals surface area contributed by atoms with Crippen LogP contribution >= 0.6 is 23.4 Å². The second-order valence-corrected chi connectivity index (χ2v) is 5.17. The summed E-state index contributed by atoms with van der Waals surface area (Å²) in [6.07, 6.45) is 0.842. The molecule has 0 radical (unpaired) electrons. The van der Waals surface area contributed by atoms with Gasteiger partial charge in [0.25, 0.3) is 0 Å². The van der Waals surface area contributed by atoms with Gasteiger partial charge in [-0.1, -0.05) is 47.6 Å². The van der Waals surface area contributed by atoms with Gasteiger partial charge in [0.05, 0.1) is 5.02 Å². The molecule has 0 amide bonds. The van der Waals surface area contributed by atoms with Gasteiger partial charge >= 0.3 is 0 Å². The molecule has 0 saturated carbocycles. The van der Waals surface area contributed by atoms with Gasteiger partial charge in [0.1, 0.15) is 6.29 Å². The van der Waals surface area contributed by atoms with E-state index in [0.29, 0.717) is 5.56 Å². The van der Waals surface area contributed by atoms with Gasteiger partial charge in [-0.05, 0) is 30.7 Å². The van der Waals surface area contributed by atoms with Crippen LogP contribution in [0.5, 0.6) is 0 Å². The predicted octanol–water partition coefficient (Wildman–Crippen LogP) is 4.61. The standard InChI is InChI=1S/C14H11ClOS/c1-10-3-2-4-13(15)14(10)17-12-7-5-11(9-16)6-8-12/h2-9H,1H3. The van der Waals surface area contributed by atoms with Crippen LogP contribution in [0.15, 0.2) is 52.3 Å². The zero-order valence-electron chi connectivity index (χ0n) is 9.31. The van der Waals surface area contributed by atoms with Crippen LogP contribution in [0.1, 0.15) is 15.9 Å². The van der Waals surface area contributed by atoms with Crippen LogP contribution in [-0.2, 0) is 0 Å². The van der Waals surface area contributed by atoms with Crippen LogP contribution in [0, 0.1) is 6.92 Å². The van der Waals surface area contributed by atoms with Crippen LogP contribution in [0.3, 0.4) is 0 Å². The Morgan fingerprint density at radius 2 is 1.82 bits per heavy atom. The number of rotatable bonds is 3. The van der Waals surface area contributed by atoms with E-state index in [9.17, 15) is 4.79 Å². The molecule has 0 heterocycles. The highest BCUT2D eigenvalue weighted by atomic mass is 35.5. The number of halogens is 1. The summed E-state index contributed by atoms with van der Waals surface area (Å²) in [5.74, 6) is 0. The third-order valence-corrected chi connectivity index (χ3v) is 4.08. The minimum Gasteiger partial charge on any atom is -0.298 e. The normalized spacial score (nSPS) is 10.2. The Morgan fingerprint density at radius 3 is 2.41 bits per heavy atom. The van der Waals surface area contributed by atoms with E-state index < -0.39 is 0 Å². The molecule has 0 fully saturated rings. The number of benzene rings is 2. The highest BCUT2D eigenvalue weighted by Crippen LogP contribution is 2.35. The molecule has 0 aliphatic carbocycles. The van der Waals surface area contributed by atoms with Crippen molar-refractivity contribution in [1.82, 2.24) is 0 Å². The number of aryl methyl sites for hydroxylation is 1. The molecule has 2 aromatic carbocycles. The highest BCUT2D eigenvalue weighted by Gasteiger charge is 2.05. The Bertz CT molecular complexity index is 514. The first kappa shape index (κ1) is 12.2. The van der Waals surface area contributed by atoms with Gasteiger partial charge in [0.15, 0.2) is 0 Å². The summed E-state index contributed by atoms with van der Waals surface area (Å²) in [4.78, 5) is 12.7. The maximum atomic E-state index is 10.6. The minimum atomic E-state index is 0.685. The van der Waals surface area contributed by atoms with Gasteiger partial charge in [-0.3, -0.25) is 4.79 Å². The average molecular weight is 263 g/mol. The molecule has 2 rings (SSSR count). The molecule has 3 heteroatoms. The SMILES string of the molecule is Cc1cccc(Cl)c1Sc1ccc(C=O)cc1. The fourth-order valence-corrected chi connectivity index (χ4v) is 2.72. The van der Waals surface area contributed by atoms with Crippen LogP contribution in [0.2, 0.25) is 5.02 Å². The zero-order chi connectivity index (χ0) is 12.3. The van der Waals surface area contributed by atoms with E-state index in [2.05, 4.69) is 0 Å². The lowest BCUT2D eigenvalue weighted by Gasteiger charge is -2.07. The smallest absolute Gasteiger partial charge is 0.150 e. The molecule has 0 bridgehead atoms. The lowest BCUT2D eigenvalue weighted by molar-refractivity contribution is 0.112. The van der Waals surface area contributed by atoms with Crippen molar-refractivity contribution >= 4 is 29.6 Å². The Labute approximate surface area is 110 Å². The summed E-state index contributed by atoms with van der Waals surface area (Å²) >= 11 is 7.77. The largest absolute Gasteiger partial charge is 0.298 e. The van der Waals surface area contributed by atoms with Crippen molar-refractivity contribution in [3.63, 3.8) is 0 Å². The second-order valence-electron chi connectivity index (χ2n) is 3.67. The fraction of sp³-hybridized carbons (Fsp3) is 0.0714. The molecule has 0 aromatic heterocycles. The predicted molar refractivity (Wildman–Crippen MR) is 72.1 cm³/mol. The van der Waals surface area contributed by atoms with Gasteiger partial charge < -0.3 is 0 Å². The van der Waals surface area contributed by atoms with Crippen LogP contribution in [0.4, 0.5) is 0 Å². The van der Waals surface area contributed by atoms with Crippen molar-refractivity contribution in [2.24, 2.45) is 0 Å². The number of hydrogen-bond acceptors (Lipinski definition) is 2. The average Bonchev–Trinajstić information content (AvgIpc) is 2.35. The van der Waals surface area contributed by atoms with E-state index in [4.69, 9.17) is 11.6 Å². The number of carbonyl (C=O) groups excluding carboxylic acids is 1. The third kappa shape index (κ3) is 2.90. The molecule has 0 saturated heterocycles. The minimum absolute atomic E-state index is 0.685. The molecule has 0 spiro atoms. The van der Waals surface area contributed by atoms with Crippen molar-refractivity contribution in [2.75, 3.05) is 0 Å². The zero-order valence-corrected chi connectivity index (χ0v) is 10.9. The van der Waals surface area contributed by atoms with E-state index in [-0.39, 0.29) is 0 Å². The van der Waals surface area contributed by atoms with Crippen LogP contribution in [0.25, 0.3) is 0 Å². The summed E-state index contributed by atoms with van der Waals surface area (Å²) < 4.78 is 0. The van der Waals surface area contributed by atoms with Gasteiger partial charge in [-0.2, -0.15) is 0 Å². The summed E-state index contributed by atoms with van der Waals surface area (Å²) in [7, 11) is 0. The maximum Gasteiger partial charge on any atom is 0.150 e. The maximum absolute atomic E-state index is 10.6. The monoisotopic (exact) mass is 262 g/mol. The van der Waals surface area contributed by atoms with Crippen molar-refractivity contribution < 1.29 is 4.79 Å². The first-order valence-electron chi connectivity index (χ1n) is 5.19. The molecule has 0 unspecified atom stereocenters. The summed E-state index contributed by atoms with van der Waals surface area (Å²) in [5.41, 5.74) is 1.84. The second kappa shape index (κ2) is 5.39. The first-order chi connectivity index (χ1) is 8.20. The molecular weight excluding hydrogens is 252 g/mol. The van der Waals surface area contributed by atoms with Crippen LogP contribution < -0.4 is 0 Å². The van der Waals surface area contributed by atoms with Crippen molar-refractivity contribution in [3.05, 3.63) is 58.6 Å². The topological polar surface area (TPSA) is 17.1 Å². The molecular formula is C14H11ClOS. The molecule has 86 valence electrons. The molecule has 2 aromatic rings. The lowest BCUT2D eigenvalue weighted by atomic mass is 10.2. The van der Waals surface area contributed by atoms with E-state index in [1.807, 2.05) is 49.4 Å². The fourth-order valence-electron chi connectivity index (χ4n) is 1.48. The Balaban J connectivity index is 2.28. The Kier molecular flexibility index (Phi) is 3.87. The molecule has 1 nitrogen and oxygen atoms in total. The van der Waals surface area contributed by atoms with Gasteiger partial charge in [0.2, 0.25) is 0 Å². The summed E-state index contributed by atoms with van der Waals surface area (Å²) in [6, 6.07) is 13.3. The van der Waals surface area contributed by atoms with Crippen molar-refractivity contribution in [2.45, 2.75) is 16.7 Å². The molecule has 0 aliphatic heterocycles. The molecule has 17 heavy (non-hydrogen) atoms. The first-order valence-corrected chi connectivity index (χ1v) is 6.38. The van der Waals surface area contributed by atoms with Gasteiger partial charge in [0, 0.05) is 15.4 Å². The Hall–Kier alpha value is -1.25. The summed E-state index contributed by atoms with van der Waals surface area (Å²) in [6.45, 7) is 2.04. The Morgan fingerprint density at radius 1 is 1.12 bits per heavy atom. The lowest BCUT2D eigenvalue weighted by Crippen LogP contribution is -1.82. The molecule has 0 atom stereocenters. The van der Waals surface area contributed by atoms with Crippen LogP contribution in [-0.4, -0.2) is 6.29 Å². The van der Waals surface area contributed by atoms with E-state index in [0.717, 1.165) is 26.7 Å². The van der Waals surface area contributed by atoms with Gasteiger partial charge in [-0.15, -0.1) is 0 Å². The van der Waals surface area contributed by atoms with Crippen molar-refractivity contribution in [3.8, 4) is 0 Å². The number of hydrogen-bond donors (Lipinski definition) is 0. The van der Waals surface area contributed by atoms with E-state index in [1.54, 1.807) is 11.8 Å². The highest BCUT2D eigenvalue weighted by molar-refractivity contribution is 7.99. The molecule has 0 aliphatic rings. The van der Waals surface area contributed by atoms with E-state index in [1.165, 1.54) is 0 Å². The number of carbonyl (C=O) groups is 1. The quantitative estimate of drug-likeness (QED) is 0.752. The summed E-state index contributed by atoms with van der Waals surface area (Å²) in [5, 5.41) is 0.759. The third-order valence-electron chi connectivity index (χ3n) is 2.40. The van der Waals surface area contributed by atoms with E-state index >= 15 is 0 Å². The number of aldehydes is 1. The van der Waals surface area contributed by atoms with Crippen molar-refractivity contribution in [1.29, 1.82) is 0 Å².